The minimum Gasteiger partial charge on any atom is -0.275 e. The molecule has 0 unspecified atom stereocenters. The van der Waals surface area contributed by atoms with Gasteiger partial charge in [0.05, 0.1) is 0 Å². The summed E-state index contributed by atoms with van der Waals surface area (Å²) in [7, 11) is 0. The van der Waals surface area contributed by atoms with Crippen molar-refractivity contribution in [3.8, 4) is 0 Å². The molecule has 0 saturated carbocycles. The lowest BCUT2D eigenvalue weighted by atomic mass is 10.2. The van der Waals surface area contributed by atoms with Crippen LogP contribution in [0.5, 0.6) is 0 Å². The monoisotopic (exact) mass is 378 g/mol. The zero-order valence-corrected chi connectivity index (χ0v) is 15.4. The number of urea groups is 2. The molecule has 142 valence electrons. The molecule has 0 aromatic heterocycles. The molecule has 8 nitrogen and oxygen atoms in total. The number of hydrogen-bond acceptors (Lipinski definition) is 4. The van der Waals surface area contributed by atoms with E-state index in [-0.39, 0.29) is 0 Å². The molecule has 0 bridgehead atoms. The minimum absolute atomic E-state index is 0.500. The van der Waals surface area contributed by atoms with Crippen LogP contribution in [0.15, 0.2) is 60.7 Å². The Morgan fingerprint density at radius 3 is 1.25 bits per heavy atom. The Bertz CT molecular complexity index is 883. The summed E-state index contributed by atoms with van der Waals surface area (Å²) in [6.45, 7) is 2.54. The second kappa shape index (κ2) is 6.49. The van der Waals surface area contributed by atoms with E-state index in [2.05, 4.69) is 0 Å². The normalized spacial score (nSPS) is 21.4. The van der Waals surface area contributed by atoms with Gasteiger partial charge in [0.2, 0.25) is 11.8 Å². The van der Waals surface area contributed by atoms with Gasteiger partial charge in [0.1, 0.15) is 0 Å². The third-order valence-corrected chi connectivity index (χ3v) is 4.90. The predicted octanol–water partition coefficient (Wildman–Crippen LogP) is 2.62. The SMILES string of the molecule is CC(=O)N1C(=O)N(c2ccccc2)[C@@H]2[C@H]1N(c1ccccc1)C(=O)N2C(C)=O. The van der Waals surface area contributed by atoms with Crippen LogP contribution in [0.1, 0.15) is 13.8 Å². The van der Waals surface area contributed by atoms with Gasteiger partial charge in [-0.05, 0) is 24.3 Å². The molecule has 2 heterocycles. The van der Waals surface area contributed by atoms with Gasteiger partial charge in [-0.2, -0.15) is 0 Å². The van der Waals surface area contributed by atoms with Crippen LogP contribution < -0.4 is 9.80 Å². The average Bonchev–Trinajstić information content (AvgIpc) is 3.12. The second-order valence-electron chi connectivity index (χ2n) is 6.58. The molecule has 0 aliphatic carbocycles. The summed E-state index contributed by atoms with van der Waals surface area (Å²) in [5, 5.41) is 0. The minimum atomic E-state index is -0.955. The number of hydrogen-bond donors (Lipinski definition) is 0. The second-order valence-corrected chi connectivity index (χ2v) is 6.58. The molecule has 2 atom stereocenters. The number of imide groups is 2. The molecule has 6 amide bonds. The lowest BCUT2D eigenvalue weighted by molar-refractivity contribution is -0.129. The topological polar surface area (TPSA) is 81.2 Å². The number of nitrogens with zero attached hydrogens (tertiary/aromatic N) is 4. The number of benzene rings is 2. The molecule has 2 aliphatic heterocycles. The van der Waals surface area contributed by atoms with Gasteiger partial charge in [-0.25, -0.2) is 19.4 Å². The summed E-state index contributed by atoms with van der Waals surface area (Å²) >= 11 is 0. The lowest BCUT2D eigenvalue weighted by Crippen LogP contribution is -2.49. The molecular formula is C20H18N4O4. The fourth-order valence-electron chi connectivity index (χ4n) is 3.79. The van der Waals surface area contributed by atoms with Crippen molar-refractivity contribution in [1.82, 2.24) is 9.80 Å². The van der Waals surface area contributed by atoms with E-state index >= 15 is 0 Å². The molecule has 2 fully saturated rings. The first kappa shape index (κ1) is 17.7. The maximum Gasteiger partial charge on any atom is 0.334 e. The van der Waals surface area contributed by atoms with Crippen molar-refractivity contribution in [2.75, 3.05) is 9.80 Å². The highest BCUT2D eigenvalue weighted by Crippen LogP contribution is 2.40. The van der Waals surface area contributed by atoms with Gasteiger partial charge >= 0.3 is 12.1 Å². The molecular weight excluding hydrogens is 360 g/mol. The van der Waals surface area contributed by atoms with E-state index < -0.39 is 36.2 Å². The first-order chi connectivity index (χ1) is 13.4. The molecule has 4 rings (SSSR count). The molecule has 28 heavy (non-hydrogen) atoms. The first-order valence-corrected chi connectivity index (χ1v) is 8.79. The molecule has 2 aromatic carbocycles. The summed E-state index contributed by atoms with van der Waals surface area (Å²) in [6.07, 6.45) is -1.91. The number of para-hydroxylation sites is 2. The van der Waals surface area contributed by atoms with Gasteiger partial charge in [-0.3, -0.25) is 19.4 Å². The van der Waals surface area contributed by atoms with E-state index in [4.69, 9.17) is 0 Å². The van der Waals surface area contributed by atoms with Crippen LogP contribution in [-0.4, -0.2) is 46.0 Å². The predicted molar refractivity (Wildman–Crippen MR) is 101 cm³/mol. The van der Waals surface area contributed by atoms with Crippen molar-refractivity contribution in [3.63, 3.8) is 0 Å². The third-order valence-electron chi connectivity index (χ3n) is 4.90. The van der Waals surface area contributed by atoms with Crippen molar-refractivity contribution in [2.45, 2.75) is 26.2 Å². The highest BCUT2D eigenvalue weighted by Gasteiger charge is 2.62. The number of carbonyl (C=O) groups excluding carboxylic acids is 4. The van der Waals surface area contributed by atoms with Gasteiger partial charge < -0.3 is 0 Å². The Hall–Kier alpha value is -3.68. The van der Waals surface area contributed by atoms with Crippen molar-refractivity contribution in [2.24, 2.45) is 0 Å². The average molecular weight is 378 g/mol. The van der Waals surface area contributed by atoms with E-state index in [1.54, 1.807) is 60.7 Å². The summed E-state index contributed by atoms with van der Waals surface area (Å²) in [5.74, 6) is -1.00. The Morgan fingerprint density at radius 2 is 0.964 bits per heavy atom. The van der Waals surface area contributed by atoms with Gasteiger partial charge in [-0.15, -0.1) is 0 Å². The van der Waals surface area contributed by atoms with E-state index in [9.17, 15) is 19.2 Å². The van der Waals surface area contributed by atoms with Crippen LogP contribution in [0, 0.1) is 0 Å². The quantitative estimate of drug-likeness (QED) is 0.804. The maximum atomic E-state index is 13.2. The van der Waals surface area contributed by atoms with Gasteiger partial charge in [-0.1, -0.05) is 36.4 Å². The standard InChI is InChI=1S/C20H18N4O4/c1-13(25)21-17-18(24(19(21)27)16-11-7-4-8-12-16)22(14(2)26)20(28)23(17)15-9-5-3-6-10-15/h3-12,17-18H,1-2H3/t17-,18-/m1/s1. The number of carbonyl (C=O) groups is 4. The molecule has 2 aliphatic rings. The highest BCUT2D eigenvalue weighted by atomic mass is 16.2. The smallest absolute Gasteiger partial charge is 0.275 e. The summed E-state index contributed by atoms with van der Waals surface area (Å²) in [6, 6.07) is 16.2. The zero-order valence-electron chi connectivity index (χ0n) is 15.4. The Balaban J connectivity index is 1.92. The Morgan fingerprint density at radius 1 is 0.643 bits per heavy atom. The highest BCUT2D eigenvalue weighted by molar-refractivity contribution is 6.13. The Labute approximate surface area is 161 Å². The lowest BCUT2D eigenvalue weighted by Gasteiger charge is -2.27. The Kier molecular flexibility index (Phi) is 4.11. The number of anilines is 2. The summed E-state index contributed by atoms with van der Waals surface area (Å²) < 4.78 is 0. The van der Waals surface area contributed by atoms with Crippen LogP contribution in [0.4, 0.5) is 21.0 Å². The maximum absolute atomic E-state index is 13.2. The van der Waals surface area contributed by atoms with Crippen LogP contribution in [0.25, 0.3) is 0 Å². The van der Waals surface area contributed by atoms with Crippen LogP contribution in [0.3, 0.4) is 0 Å². The molecule has 2 saturated heterocycles. The van der Waals surface area contributed by atoms with Gasteiger partial charge in [0, 0.05) is 25.2 Å². The molecule has 0 N–H and O–H groups in total. The molecule has 8 heteroatoms. The fraction of sp³-hybridized carbons (Fsp3) is 0.200. The number of amides is 6. The van der Waals surface area contributed by atoms with Crippen molar-refractivity contribution >= 4 is 35.3 Å². The summed E-state index contributed by atoms with van der Waals surface area (Å²) in [5.41, 5.74) is 1.00. The molecule has 0 radical (unpaired) electrons. The third kappa shape index (κ3) is 2.45. The van der Waals surface area contributed by atoms with Crippen LogP contribution >= 0.6 is 0 Å². The fourth-order valence-corrected chi connectivity index (χ4v) is 3.79. The van der Waals surface area contributed by atoms with Gasteiger partial charge in [0.15, 0.2) is 12.3 Å². The molecule has 0 spiro atoms. The van der Waals surface area contributed by atoms with E-state index in [0.29, 0.717) is 11.4 Å². The van der Waals surface area contributed by atoms with Gasteiger partial charge in [0.25, 0.3) is 0 Å². The van der Waals surface area contributed by atoms with E-state index in [1.165, 1.54) is 23.6 Å². The molecule has 2 aromatic rings. The number of fused-ring (bicyclic) bond motifs is 1. The largest absolute Gasteiger partial charge is 0.334 e. The van der Waals surface area contributed by atoms with E-state index in [1.807, 2.05) is 0 Å². The van der Waals surface area contributed by atoms with E-state index in [0.717, 1.165) is 9.80 Å². The zero-order chi connectivity index (χ0) is 20.0. The summed E-state index contributed by atoms with van der Waals surface area (Å²) in [4.78, 5) is 55.8. The van der Waals surface area contributed by atoms with Crippen LogP contribution in [-0.2, 0) is 9.59 Å². The van der Waals surface area contributed by atoms with Crippen molar-refractivity contribution < 1.29 is 19.2 Å². The van der Waals surface area contributed by atoms with Crippen LogP contribution in [0.2, 0.25) is 0 Å². The number of rotatable bonds is 2. The first-order valence-electron chi connectivity index (χ1n) is 8.79. The van der Waals surface area contributed by atoms with Crippen molar-refractivity contribution in [1.29, 1.82) is 0 Å². The van der Waals surface area contributed by atoms with Crippen molar-refractivity contribution in [3.05, 3.63) is 60.7 Å².